The molecule has 1 N–H and O–H groups in total. The van der Waals surface area contributed by atoms with Crippen molar-refractivity contribution in [2.24, 2.45) is 0 Å². The van der Waals surface area contributed by atoms with Crippen molar-refractivity contribution in [3.8, 4) is 0 Å². The molecule has 0 saturated carbocycles. The van der Waals surface area contributed by atoms with Crippen LogP contribution >= 0.6 is 0 Å². The van der Waals surface area contributed by atoms with Crippen LogP contribution in [0, 0.1) is 0 Å². The zero-order valence-corrected chi connectivity index (χ0v) is 7.50. The van der Waals surface area contributed by atoms with Crippen LogP contribution in [0.5, 0.6) is 0 Å². The number of unbranched alkanes of at least 4 members (excludes halogenated alkanes) is 1. The third-order valence-corrected chi connectivity index (χ3v) is 1.52. The first-order chi connectivity index (χ1) is 6.07. The molecule has 0 rings (SSSR count). The van der Waals surface area contributed by atoms with Gasteiger partial charge in [0.15, 0.2) is 6.10 Å². The second kappa shape index (κ2) is 6.77. The minimum absolute atomic E-state index is 0.290. The van der Waals surface area contributed by atoms with Crippen molar-refractivity contribution in [3.63, 3.8) is 0 Å². The zero-order chi connectivity index (χ0) is 10.3. The first kappa shape index (κ1) is 12.3. The van der Waals surface area contributed by atoms with E-state index in [0.717, 1.165) is 6.42 Å². The van der Waals surface area contributed by atoms with E-state index in [1.807, 2.05) is 6.92 Å². The van der Waals surface area contributed by atoms with Gasteiger partial charge >= 0.3 is 5.97 Å². The molecule has 1 atom stereocenters. The number of aliphatic carboxylic acids is 1. The Balaban J connectivity index is 3.74. The van der Waals surface area contributed by atoms with Crippen LogP contribution in [-0.2, 0) is 9.53 Å². The lowest BCUT2D eigenvalue weighted by Gasteiger charge is -2.12. The van der Waals surface area contributed by atoms with Gasteiger partial charge in [-0.1, -0.05) is 19.8 Å². The molecule has 0 spiro atoms. The molecule has 1 unspecified atom stereocenters. The van der Waals surface area contributed by atoms with Crippen molar-refractivity contribution in [2.75, 3.05) is 6.61 Å². The molecule has 0 aromatic rings. The van der Waals surface area contributed by atoms with E-state index in [2.05, 4.69) is 4.74 Å². The van der Waals surface area contributed by atoms with E-state index < -0.39 is 25.1 Å². The molecule has 0 aromatic heterocycles. The molecule has 0 bridgehead atoms. The molecule has 0 aliphatic heterocycles. The minimum atomic E-state index is -2.61. The highest BCUT2D eigenvalue weighted by atomic mass is 19.3. The maximum absolute atomic E-state index is 11.7. The fourth-order valence-electron chi connectivity index (χ4n) is 0.857. The normalized spacial score (nSPS) is 13.2. The Bertz CT molecular complexity index is 150. The van der Waals surface area contributed by atoms with Gasteiger partial charge in [-0.15, -0.1) is 0 Å². The van der Waals surface area contributed by atoms with Crippen molar-refractivity contribution >= 4 is 5.97 Å². The van der Waals surface area contributed by atoms with Gasteiger partial charge in [0.05, 0.1) is 0 Å². The SMILES string of the molecule is CCCCC(OCC(F)F)C(=O)O. The summed E-state index contributed by atoms with van der Waals surface area (Å²) in [6, 6.07) is 0. The summed E-state index contributed by atoms with van der Waals surface area (Å²) in [5.41, 5.74) is 0. The lowest BCUT2D eigenvalue weighted by Crippen LogP contribution is -2.26. The Kier molecular flexibility index (Phi) is 6.40. The summed E-state index contributed by atoms with van der Waals surface area (Å²) in [4.78, 5) is 10.4. The van der Waals surface area contributed by atoms with E-state index >= 15 is 0 Å². The summed E-state index contributed by atoms with van der Waals surface area (Å²) in [5, 5.41) is 8.54. The first-order valence-corrected chi connectivity index (χ1v) is 4.20. The molecule has 0 saturated heterocycles. The molecule has 0 aliphatic rings. The molecule has 5 heteroatoms. The number of ether oxygens (including phenoxy) is 1. The summed E-state index contributed by atoms with van der Waals surface area (Å²) in [6.07, 6.45) is -1.92. The standard InChI is InChI=1S/C8H14F2O3/c1-2-3-4-6(8(11)12)13-5-7(9)10/h6-7H,2-5H2,1H3,(H,11,12). The quantitative estimate of drug-likeness (QED) is 0.676. The Labute approximate surface area is 75.7 Å². The molecule has 0 radical (unpaired) electrons. The second-order valence-corrected chi connectivity index (χ2v) is 2.69. The molecule has 0 amide bonds. The molecule has 78 valence electrons. The van der Waals surface area contributed by atoms with Crippen LogP contribution in [0.1, 0.15) is 26.2 Å². The van der Waals surface area contributed by atoms with Gasteiger partial charge in [-0.25, -0.2) is 13.6 Å². The Morgan fingerprint density at radius 2 is 2.15 bits per heavy atom. The van der Waals surface area contributed by atoms with Gasteiger partial charge in [0.25, 0.3) is 6.43 Å². The second-order valence-electron chi connectivity index (χ2n) is 2.69. The molecule has 13 heavy (non-hydrogen) atoms. The smallest absolute Gasteiger partial charge is 0.332 e. The highest BCUT2D eigenvalue weighted by Crippen LogP contribution is 2.06. The molecule has 0 aromatic carbocycles. The van der Waals surface area contributed by atoms with Crippen molar-refractivity contribution in [2.45, 2.75) is 38.7 Å². The Hall–Kier alpha value is -0.710. The highest BCUT2D eigenvalue weighted by molar-refractivity contribution is 5.72. The average Bonchev–Trinajstić information content (AvgIpc) is 2.03. The lowest BCUT2D eigenvalue weighted by atomic mass is 10.1. The van der Waals surface area contributed by atoms with Gasteiger partial charge in [0.1, 0.15) is 6.61 Å². The topological polar surface area (TPSA) is 46.5 Å². The van der Waals surface area contributed by atoms with Crippen LogP contribution in [-0.4, -0.2) is 30.2 Å². The number of rotatable bonds is 7. The fraction of sp³-hybridized carbons (Fsp3) is 0.875. The van der Waals surface area contributed by atoms with Gasteiger partial charge in [-0.2, -0.15) is 0 Å². The predicted octanol–water partition coefficient (Wildman–Crippen LogP) is 1.91. The minimum Gasteiger partial charge on any atom is -0.479 e. The number of carboxylic acid groups (broad SMARTS) is 1. The van der Waals surface area contributed by atoms with Crippen LogP contribution in [0.2, 0.25) is 0 Å². The van der Waals surface area contributed by atoms with Crippen LogP contribution < -0.4 is 0 Å². The largest absolute Gasteiger partial charge is 0.479 e. The van der Waals surface area contributed by atoms with E-state index in [4.69, 9.17) is 5.11 Å². The molecule has 0 heterocycles. The van der Waals surface area contributed by atoms with Crippen LogP contribution in [0.15, 0.2) is 0 Å². The Morgan fingerprint density at radius 1 is 1.54 bits per heavy atom. The Morgan fingerprint density at radius 3 is 2.54 bits per heavy atom. The number of alkyl halides is 2. The van der Waals surface area contributed by atoms with Crippen LogP contribution in [0.4, 0.5) is 8.78 Å². The average molecular weight is 196 g/mol. The number of hydrogen-bond donors (Lipinski definition) is 1. The number of halogens is 2. The molecule has 0 fully saturated rings. The van der Waals surface area contributed by atoms with Gasteiger partial charge in [0.2, 0.25) is 0 Å². The first-order valence-electron chi connectivity index (χ1n) is 4.20. The number of carbonyl (C=O) groups is 1. The van der Waals surface area contributed by atoms with Crippen molar-refractivity contribution < 1.29 is 23.4 Å². The summed E-state index contributed by atoms with van der Waals surface area (Å²) in [6.45, 7) is 1.09. The van der Waals surface area contributed by atoms with Crippen molar-refractivity contribution in [1.29, 1.82) is 0 Å². The monoisotopic (exact) mass is 196 g/mol. The van der Waals surface area contributed by atoms with E-state index in [1.165, 1.54) is 0 Å². The summed E-state index contributed by atoms with van der Waals surface area (Å²) >= 11 is 0. The summed E-state index contributed by atoms with van der Waals surface area (Å²) in [7, 11) is 0. The molecule has 0 aliphatic carbocycles. The van der Waals surface area contributed by atoms with E-state index in [1.54, 1.807) is 0 Å². The van der Waals surface area contributed by atoms with E-state index in [0.29, 0.717) is 12.8 Å². The summed E-state index contributed by atoms with van der Waals surface area (Å²) in [5.74, 6) is -1.17. The number of carboxylic acids is 1. The third kappa shape index (κ3) is 6.45. The van der Waals surface area contributed by atoms with Gasteiger partial charge in [-0.3, -0.25) is 0 Å². The maximum Gasteiger partial charge on any atom is 0.332 e. The fourth-order valence-corrected chi connectivity index (χ4v) is 0.857. The van der Waals surface area contributed by atoms with E-state index in [-0.39, 0.29) is 0 Å². The lowest BCUT2D eigenvalue weighted by molar-refractivity contribution is -0.153. The molecular formula is C8H14F2O3. The molecular weight excluding hydrogens is 182 g/mol. The zero-order valence-electron chi connectivity index (χ0n) is 7.50. The number of hydrogen-bond acceptors (Lipinski definition) is 2. The van der Waals surface area contributed by atoms with Gasteiger partial charge in [-0.05, 0) is 6.42 Å². The van der Waals surface area contributed by atoms with E-state index in [9.17, 15) is 13.6 Å². The van der Waals surface area contributed by atoms with Crippen LogP contribution in [0.3, 0.4) is 0 Å². The van der Waals surface area contributed by atoms with Gasteiger partial charge < -0.3 is 9.84 Å². The van der Waals surface area contributed by atoms with Crippen molar-refractivity contribution in [3.05, 3.63) is 0 Å². The third-order valence-electron chi connectivity index (χ3n) is 1.52. The predicted molar refractivity (Wildman–Crippen MR) is 42.9 cm³/mol. The summed E-state index contributed by atoms with van der Waals surface area (Å²) < 4.78 is 27.8. The van der Waals surface area contributed by atoms with Crippen molar-refractivity contribution in [1.82, 2.24) is 0 Å². The van der Waals surface area contributed by atoms with Crippen LogP contribution in [0.25, 0.3) is 0 Å². The van der Waals surface area contributed by atoms with Gasteiger partial charge in [0, 0.05) is 0 Å². The maximum atomic E-state index is 11.7. The molecule has 3 nitrogen and oxygen atoms in total. The highest BCUT2D eigenvalue weighted by Gasteiger charge is 2.18.